The van der Waals surface area contributed by atoms with Crippen molar-refractivity contribution in [2.75, 3.05) is 0 Å². The molecule has 0 radical (unpaired) electrons. The highest BCUT2D eigenvalue weighted by atomic mass is 16.5. The third kappa shape index (κ3) is 2.20. The number of para-hydroxylation sites is 1. The smallest absolute Gasteiger partial charge is 0.333 e. The maximum absolute atomic E-state index is 12.0. The highest BCUT2D eigenvalue weighted by Crippen LogP contribution is 2.14. The number of aromatic nitrogens is 2. The number of hydrogen-bond acceptors (Lipinski definition) is 5. The van der Waals surface area contributed by atoms with Crippen molar-refractivity contribution < 1.29 is 9.84 Å². The minimum absolute atomic E-state index is 0.354. The molecule has 0 bridgehead atoms. The second kappa shape index (κ2) is 5.04. The summed E-state index contributed by atoms with van der Waals surface area (Å²) in [6.07, 6.45) is 0. The molecule has 1 aromatic heterocycles. The van der Waals surface area contributed by atoms with E-state index in [1.54, 1.807) is 30.3 Å². The molecule has 20 heavy (non-hydrogen) atoms. The van der Waals surface area contributed by atoms with Crippen LogP contribution in [0.25, 0.3) is 0 Å². The van der Waals surface area contributed by atoms with Gasteiger partial charge in [0.15, 0.2) is 5.56 Å². The summed E-state index contributed by atoms with van der Waals surface area (Å²) in [6.45, 7) is 0. The zero-order valence-electron chi connectivity index (χ0n) is 11.0. The van der Waals surface area contributed by atoms with Crippen molar-refractivity contribution in [3.63, 3.8) is 0 Å². The van der Waals surface area contributed by atoms with Crippen molar-refractivity contribution >= 4 is 5.90 Å². The Balaban J connectivity index is 2.51. The molecule has 0 unspecified atom stereocenters. The molecule has 1 heterocycles. The molecule has 0 aliphatic heterocycles. The zero-order valence-corrected chi connectivity index (χ0v) is 11.0. The van der Waals surface area contributed by atoms with E-state index in [2.05, 4.69) is 0 Å². The molecule has 2 rings (SSSR count). The first-order valence-electron chi connectivity index (χ1n) is 5.74. The number of nitrogens with zero attached hydrogens (tertiary/aromatic N) is 2. The average Bonchev–Trinajstić information content (AvgIpc) is 2.44. The number of hydrogen-bond donors (Lipinski definition) is 2. The lowest BCUT2D eigenvalue weighted by Gasteiger charge is -2.11. The summed E-state index contributed by atoms with van der Waals surface area (Å²) in [5.74, 6) is -0.767. The Hall–Kier alpha value is -2.83. The number of aromatic hydroxyl groups is 1. The van der Waals surface area contributed by atoms with Crippen molar-refractivity contribution in [1.29, 1.82) is 5.41 Å². The van der Waals surface area contributed by atoms with Crippen LogP contribution in [0, 0.1) is 5.41 Å². The second-order valence-electron chi connectivity index (χ2n) is 4.15. The Morgan fingerprint density at radius 1 is 1.15 bits per heavy atom. The van der Waals surface area contributed by atoms with Gasteiger partial charge in [-0.05, 0) is 12.1 Å². The SMILES string of the molecule is Cn1c(O)c(C(=N)Oc2ccccc2)c(=O)n(C)c1=O. The summed E-state index contributed by atoms with van der Waals surface area (Å²) < 4.78 is 6.88. The van der Waals surface area contributed by atoms with Crippen LogP contribution in [0.1, 0.15) is 5.56 Å². The van der Waals surface area contributed by atoms with E-state index in [-0.39, 0.29) is 5.56 Å². The first-order valence-corrected chi connectivity index (χ1v) is 5.74. The summed E-state index contributed by atoms with van der Waals surface area (Å²) in [6, 6.07) is 8.41. The molecule has 0 amide bonds. The summed E-state index contributed by atoms with van der Waals surface area (Å²) in [5.41, 5.74) is -1.83. The van der Waals surface area contributed by atoms with Gasteiger partial charge in [0.05, 0.1) is 0 Å². The fourth-order valence-corrected chi connectivity index (χ4v) is 1.69. The predicted molar refractivity (Wildman–Crippen MR) is 72.5 cm³/mol. The summed E-state index contributed by atoms with van der Waals surface area (Å²) >= 11 is 0. The van der Waals surface area contributed by atoms with Crippen molar-refractivity contribution in [2.24, 2.45) is 14.1 Å². The molecule has 2 aromatic rings. The first kappa shape index (κ1) is 13.6. The van der Waals surface area contributed by atoms with Crippen molar-refractivity contribution in [3.8, 4) is 11.6 Å². The van der Waals surface area contributed by atoms with E-state index in [1.807, 2.05) is 0 Å². The number of ether oxygens (including phenoxy) is 1. The van der Waals surface area contributed by atoms with Gasteiger partial charge in [0.1, 0.15) is 5.75 Å². The van der Waals surface area contributed by atoms with Gasteiger partial charge in [0, 0.05) is 14.1 Å². The van der Waals surface area contributed by atoms with Gasteiger partial charge in [-0.15, -0.1) is 0 Å². The molecule has 1 aromatic carbocycles. The van der Waals surface area contributed by atoms with E-state index >= 15 is 0 Å². The number of nitrogens with one attached hydrogen (secondary N) is 1. The predicted octanol–water partition coefficient (Wildman–Crippen LogP) is 0.194. The fourth-order valence-electron chi connectivity index (χ4n) is 1.69. The second-order valence-corrected chi connectivity index (χ2v) is 4.15. The minimum atomic E-state index is -0.786. The van der Waals surface area contributed by atoms with Gasteiger partial charge >= 0.3 is 5.69 Å². The van der Waals surface area contributed by atoms with Crippen molar-refractivity contribution in [2.45, 2.75) is 0 Å². The van der Waals surface area contributed by atoms with Crippen LogP contribution in [0.4, 0.5) is 0 Å². The fraction of sp³-hybridized carbons (Fsp3) is 0.154. The van der Waals surface area contributed by atoms with Crippen LogP contribution in [-0.2, 0) is 14.1 Å². The highest BCUT2D eigenvalue weighted by Gasteiger charge is 2.20. The molecular weight excluding hydrogens is 262 g/mol. The van der Waals surface area contributed by atoms with Gasteiger partial charge in [-0.1, -0.05) is 18.2 Å². The minimum Gasteiger partial charge on any atom is -0.494 e. The third-order valence-corrected chi connectivity index (χ3v) is 2.82. The summed E-state index contributed by atoms with van der Waals surface area (Å²) in [4.78, 5) is 23.6. The maximum Gasteiger partial charge on any atom is 0.333 e. The zero-order chi connectivity index (χ0) is 14.9. The molecule has 7 nitrogen and oxygen atoms in total. The van der Waals surface area contributed by atoms with E-state index in [0.29, 0.717) is 5.75 Å². The molecule has 0 aliphatic carbocycles. The van der Waals surface area contributed by atoms with Crippen molar-refractivity contribution in [1.82, 2.24) is 9.13 Å². The average molecular weight is 275 g/mol. The Bertz CT molecular complexity index is 775. The largest absolute Gasteiger partial charge is 0.494 e. The lowest BCUT2D eigenvalue weighted by Crippen LogP contribution is -2.40. The first-order chi connectivity index (χ1) is 9.43. The van der Waals surface area contributed by atoms with Crippen LogP contribution in [0.15, 0.2) is 39.9 Å². The summed E-state index contributed by atoms with van der Waals surface area (Å²) in [7, 11) is 2.57. The van der Waals surface area contributed by atoms with E-state index in [9.17, 15) is 14.7 Å². The highest BCUT2D eigenvalue weighted by molar-refractivity contribution is 5.94. The molecule has 104 valence electrons. The van der Waals surface area contributed by atoms with Crippen LogP contribution in [0.2, 0.25) is 0 Å². The topological polar surface area (TPSA) is 97.3 Å². The Morgan fingerprint density at radius 2 is 1.75 bits per heavy atom. The molecule has 2 N–H and O–H groups in total. The molecule has 0 fully saturated rings. The van der Waals surface area contributed by atoms with Crippen LogP contribution in [0.3, 0.4) is 0 Å². The Kier molecular flexibility index (Phi) is 3.43. The summed E-state index contributed by atoms with van der Waals surface area (Å²) in [5, 5.41) is 17.7. The van der Waals surface area contributed by atoms with Crippen molar-refractivity contribution in [3.05, 3.63) is 56.7 Å². The maximum atomic E-state index is 12.0. The van der Waals surface area contributed by atoms with Crippen LogP contribution in [0.5, 0.6) is 11.6 Å². The Morgan fingerprint density at radius 3 is 2.35 bits per heavy atom. The van der Waals surface area contributed by atoms with Gasteiger partial charge in [-0.25, -0.2) is 4.79 Å². The standard InChI is InChI=1S/C13H13N3O4/c1-15-11(17)9(12(18)16(2)13(15)19)10(14)20-8-6-4-3-5-7-8/h3-7,14,17H,1-2H3. The molecule has 0 atom stereocenters. The third-order valence-electron chi connectivity index (χ3n) is 2.82. The van der Waals surface area contributed by atoms with Gasteiger partial charge < -0.3 is 9.84 Å². The van der Waals surface area contributed by atoms with Crippen LogP contribution in [-0.4, -0.2) is 20.1 Å². The van der Waals surface area contributed by atoms with E-state index in [1.165, 1.54) is 14.1 Å². The molecule has 0 saturated carbocycles. The molecule has 0 spiro atoms. The number of rotatable bonds is 2. The van der Waals surface area contributed by atoms with Gasteiger partial charge in [0.25, 0.3) is 5.56 Å². The number of benzene rings is 1. The van der Waals surface area contributed by atoms with Gasteiger partial charge in [-0.3, -0.25) is 19.3 Å². The lowest BCUT2D eigenvalue weighted by atomic mass is 10.3. The van der Waals surface area contributed by atoms with Crippen LogP contribution >= 0.6 is 0 Å². The quantitative estimate of drug-likeness (QED) is 0.604. The van der Waals surface area contributed by atoms with Gasteiger partial charge in [-0.2, -0.15) is 0 Å². The molecule has 0 saturated heterocycles. The lowest BCUT2D eigenvalue weighted by molar-refractivity contribution is 0.406. The van der Waals surface area contributed by atoms with Gasteiger partial charge in [0.2, 0.25) is 11.8 Å². The van der Waals surface area contributed by atoms with E-state index in [0.717, 1.165) is 9.13 Å². The normalized spacial score (nSPS) is 10.3. The van der Waals surface area contributed by atoms with Crippen LogP contribution < -0.4 is 16.0 Å². The monoisotopic (exact) mass is 275 g/mol. The van der Waals surface area contributed by atoms with E-state index in [4.69, 9.17) is 10.1 Å². The molecule has 7 heteroatoms. The molecule has 0 aliphatic rings. The Labute approximate surface area is 113 Å². The molecular formula is C13H13N3O4. The van der Waals surface area contributed by atoms with E-state index < -0.39 is 23.0 Å².